The van der Waals surface area contributed by atoms with Crippen LogP contribution < -0.4 is 0 Å². The van der Waals surface area contributed by atoms with E-state index in [1.807, 2.05) is 0 Å². The first-order valence-corrected chi connectivity index (χ1v) is 8.45. The first-order chi connectivity index (χ1) is 9.83. The van der Waals surface area contributed by atoms with Crippen LogP contribution in [0, 0.1) is 35.0 Å². The van der Waals surface area contributed by atoms with Gasteiger partial charge < -0.3 is 0 Å². The number of nitrogens with zero attached hydrogens (tertiary/aromatic N) is 1. The number of hydrogen-bond acceptors (Lipinski definition) is 1. The van der Waals surface area contributed by atoms with Gasteiger partial charge in [-0.1, -0.05) is 12.2 Å². The van der Waals surface area contributed by atoms with Gasteiger partial charge in [0.25, 0.3) is 0 Å². The number of rotatable bonds is 5. The summed E-state index contributed by atoms with van der Waals surface area (Å²) in [6, 6.07) is 2.43. The molecule has 0 spiro atoms. The summed E-state index contributed by atoms with van der Waals surface area (Å²) in [5, 5.41) is 8.96. The minimum atomic E-state index is -0.192. The Balaban J connectivity index is 1.67. The third-order valence-corrected chi connectivity index (χ3v) is 5.35. The van der Waals surface area contributed by atoms with E-state index in [4.69, 9.17) is 5.26 Å². The van der Waals surface area contributed by atoms with E-state index in [1.165, 1.54) is 38.5 Å². The maximum absolute atomic E-state index is 12.0. The molecule has 2 fully saturated rings. The second-order valence-corrected chi connectivity index (χ2v) is 6.68. The Bertz CT molecular complexity index is 328. The smallest absolute Gasteiger partial charge is 0.0897 e. The maximum Gasteiger partial charge on any atom is 0.0897 e. The lowest BCUT2D eigenvalue weighted by atomic mass is 9.69. The van der Waals surface area contributed by atoms with Crippen molar-refractivity contribution >= 4 is 0 Å². The number of halogens is 1. The van der Waals surface area contributed by atoms with Gasteiger partial charge in [0, 0.05) is 5.92 Å². The van der Waals surface area contributed by atoms with Gasteiger partial charge in [-0.05, 0) is 82.0 Å². The Morgan fingerprint density at radius 1 is 0.950 bits per heavy atom. The first kappa shape index (κ1) is 15.5. The van der Waals surface area contributed by atoms with Crippen LogP contribution in [0.15, 0.2) is 12.2 Å². The Morgan fingerprint density at radius 2 is 1.55 bits per heavy atom. The molecule has 0 heterocycles. The lowest BCUT2D eigenvalue weighted by Gasteiger charge is -2.36. The SMILES string of the molecule is N#C[C@H]1CC[C@H]([C@H]2CC[C@H](C=CCCCF)CC2)CC1. The molecule has 2 rings (SSSR count). The molecule has 0 aromatic heterocycles. The fourth-order valence-electron chi connectivity index (χ4n) is 4.01. The Kier molecular flexibility index (Phi) is 6.57. The van der Waals surface area contributed by atoms with E-state index in [2.05, 4.69) is 18.2 Å². The van der Waals surface area contributed by atoms with Crippen LogP contribution in [0.2, 0.25) is 0 Å². The predicted octanol–water partition coefficient (Wildman–Crippen LogP) is 5.43. The quantitative estimate of drug-likeness (QED) is 0.485. The molecule has 2 saturated carbocycles. The van der Waals surface area contributed by atoms with Gasteiger partial charge in [0.15, 0.2) is 0 Å². The average molecular weight is 277 g/mol. The van der Waals surface area contributed by atoms with Crippen LogP contribution in [0.25, 0.3) is 0 Å². The topological polar surface area (TPSA) is 23.8 Å². The molecule has 0 aromatic carbocycles. The molecule has 1 nitrogen and oxygen atoms in total. The molecule has 0 atom stereocenters. The van der Waals surface area contributed by atoms with Crippen LogP contribution in [-0.2, 0) is 0 Å². The zero-order valence-corrected chi connectivity index (χ0v) is 12.6. The highest BCUT2D eigenvalue weighted by Gasteiger charge is 2.30. The highest BCUT2D eigenvalue weighted by Crippen LogP contribution is 2.41. The largest absolute Gasteiger partial charge is 0.251 e. The van der Waals surface area contributed by atoms with E-state index < -0.39 is 0 Å². The van der Waals surface area contributed by atoms with E-state index in [-0.39, 0.29) is 6.67 Å². The van der Waals surface area contributed by atoms with Crippen molar-refractivity contribution in [1.82, 2.24) is 0 Å². The average Bonchev–Trinajstić information content (AvgIpc) is 2.52. The molecule has 2 heteroatoms. The van der Waals surface area contributed by atoms with Gasteiger partial charge in [-0.3, -0.25) is 4.39 Å². The third kappa shape index (κ3) is 4.62. The molecule has 0 bridgehead atoms. The molecule has 0 saturated heterocycles. The van der Waals surface area contributed by atoms with Crippen LogP contribution in [0.4, 0.5) is 4.39 Å². The van der Waals surface area contributed by atoms with Crippen LogP contribution in [0.5, 0.6) is 0 Å². The van der Waals surface area contributed by atoms with E-state index in [0.717, 1.165) is 37.0 Å². The molecule has 0 N–H and O–H groups in total. The van der Waals surface area contributed by atoms with Crippen molar-refractivity contribution in [2.75, 3.05) is 6.67 Å². The highest BCUT2D eigenvalue weighted by molar-refractivity contribution is 4.93. The summed E-state index contributed by atoms with van der Waals surface area (Å²) in [6.07, 6.45) is 16.3. The van der Waals surface area contributed by atoms with Crippen LogP contribution in [-0.4, -0.2) is 6.67 Å². The minimum absolute atomic E-state index is 0.192. The van der Waals surface area contributed by atoms with E-state index in [0.29, 0.717) is 12.3 Å². The molecule has 0 radical (unpaired) electrons. The highest BCUT2D eigenvalue weighted by atomic mass is 19.1. The fraction of sp³-hybridized carbons (Fsp3) is 0.833. The van der Waals surface area contributed by atoms with Gasteiger partial charge >= 0.3 is 0 Å². The zero-order valence-electron chi connectivity index (χ0n) is 12.6. The molecule has 2 aliphatic carbocycles. The predicted molar refractivity (Wildman–Crippen MR) is 80.9 cm³/mol. The van der Waals surface area contributed by atoms with Gasteiger partial charge in [0.05, 0.1) is 12.7 Å². The summed E-state index contributed by atoms with van der Waals surface area (Å²) in [4.78, 5) is 0. The molecule has 2 aliphatic rings. The molecular weight excluding hydrogens is 249 g/mol. The lowest BCUT2D eigenvalue weighted by Crippen LogP contribution is -2.25. The summed E-state index contributed by atoms with van der Waals surface area (Å²) in [5.41, 5.74) is 0. The molecule has 0 unspecified atom stereocenters. The number of unbranched alkanes of at least 4 members (excludes halogenated alkanes) is 1. The maximum atomic E-state index is 12.0. The standard InChI is InChI=1S/C18H28FN/c19-13-3-1-2-4-15-5-9-17(10-6-15)18-11-7-16(14-20)8-12-18/h2,4,15-18H,1,3,5-13H2/t15-,16-,17-,18-. The van der Waals surface area contributed by atoms with Crippen molar-refractivity contribution in [1.29, 1.82) is 5.26 Å². The zero-order chi connectivity index (χ0) is 14.2. The Labute approximate surface area is 123 Å². The lowest BCUT2D eigenvalue weighted by molar-refractivity contribution is 0.168. The van der Waals surface area contributed by atoms with Crippen molar-refractivity contribution in [2.24, 2.45) is 23.7 Å². The summed E-state index contributed by atoms with van der Waals surface area (Å²) in [5.74, 6) is 2.86. The van der Waals surface area contributed by atoms with Gasteiger partial charge in [0.2, 0.25) is 0 Å². The van der Waals surface area contributed by atoms with Gasteiger partial charge in [-0.15, -0.1) is 0 Å². The number of hydrogen-bond donors (Lipinski definition) is 0. The van der Waals surface area contributed by atoms with Crippen molar-refractivity contribution in [3.8, 4) is 6.07 Å². The Hall–Kier alpha value is -0.840. The van der Waals surface area contributed by atoms with Gasteiger partial charge in [0.1, 0.15) is 0 Å². The summed E-state index contributed by atoms with van der Waals surface area (Å²) >= 11 is 0. The van der Waals surface area contributed by atoms with Gasteiger partial charge in [-0.2, -0.15) is 5.26 Å². The first-order valence-electron chi connectivity index (χ1n) is 8.45. The molecule has 0 aliphatic heterocycles. The van der Waals surface area contributed by atoms with Crippen molar-refractivity contribution < 1.29 is 4.39 Å². The fourth-order valence-corrected chi connectivity index (χ4v) is 4.01. The minimum Gasteiger partial charge on any atom is -0.251 e. The second-order valence-electron chi connectivity index (χ2n) is 6.68. The summed E-state index contributed by atoms with van der Waals surface area (Å²) in [7, 11) is 0. The van der Waals surface area contributed by atoms with E-state index >= 15 is 0 Å². The van der Waals surface area contributed by atoms with E-state index in [9.17, 15) is 4.39 Å². The van der Waals surface area contributed by atoms with Crippen molar-refractivity contribution in [3.63, 3.8) is 0 Å². The number of alkyl halides is 1. The number of allylic oxidation sites excluding steroid dienone is 2. The second kappa shape index (κ2) is 8.45. The van der Waals surface area contributed by atoms with Gasteiger partial charge in [-0.25, -0.2) is 0 Å². The number of nitriles is 1. The normalized spacial score (nSPS) is 35.0. The summed E-state index contributed by atoms with van der Waals surface area (Å²) < 4.78 is 12.0. The molecule has 112 valence electrons. The molecule has 0 aromatic rings. The molecule has 20 heavy (non-hydrogen) atoms. The van der Waals surface area contributed by atoms with Crippen LogP contribution in [0.3, 0.4) is 0 Å². The third-order valence-electron chi connectivity index (χ3n) is 5.35. The molecular formula is C18H28FN. The van der Waals surface area contributed by atoms with Crippen molar-refractivity contribution in [3.05, 3.63) is 12.2 Å². The van der Waals surface area contributed by atoms with E-state index in [1.54, 1.807) is 0 Å². The Morgan fingerprint density at radius 3 is 2.10 bits per heavy atom. The van der Waals surface area contributed by atoms with Crippen LogP contribution in [0.1, 0.15) is 64.2 Å². The monoisotopic (exact) mass is 277 g/mol. The van der Waals surface area contributed by atoms with Crippen LogP contribution >= 0.6 is 0 Å². The van der Waals surface area contributed by atoms with Crippen molar-refractivity contribution in [2.45, 2.75) is 64.2 Å². The summed E-state index contributed by atoms with van der Waals surface area (Å²) in [6.45, 7) is -0.192. The molecule has 0 amide bonds.